The van der Waals surface area contributed by atoms with E-state index in [4.69, 9.17) is 14.2 Å². The van der Waals surface area contributed by atoms with Crippen LogP contribution in [0.2, 0.25) is 0 Å². The molecule has 2 fully saturated rings. The van der Waals surface area contributed by atoms with E-state index in [1.807, 2.05) is 0 Å². The van der Waals surface area contributed by atoms with Gasteiger partial charge in [-0.15, -0.1) is 0 Å². The van der Waals surface area contributed by atoms with Gasteiger partial charge in [0.1, 0.15) is 5.75 Å². The molecule has 128 valence electrons. The van der Waals surface area contributed by atoms with E-state index in [1.54, 1.807) is 0 Å². The van der Waals surface area contributed by atoms with Crippen molar-refractivity contribution in [1.29, 1.82) is 0 Å². The van der Waals surface area contributed by atoms with Gasteiger partial charge in [0.2, 0.25) is 0 Å². The van der Waals surface area contributed by atoms with Crippen LogP contribution in [0.5, 0.6) is 5.75 Å². The van der Waals surface area contributed by atoms with Gasteiger partial charge in [0.25, 0.3) is 0 Å². The summed E-state index contributed by atoms with van der Waals surface area (Å²) in [6.07, 6.45) is 5.74. The van der Waals surface area contributed by atoms with Crippen LogP contribution < -0.4 is 4.74 Å². The van der Waals surface area contributed by atoms with Gasteiger partial charge >= 0.3 is 0 Å². The lowest BCUT2D eigenvalue weighted by atomic mass is 9.90. The fourth-order valence-electron chi connectivity index (χ4n) is 3.67. The second kappa shape index (κ2) is 7.12. The highest BCUT2D eigenvalue weighted by atomic mass is 16.6. The monoisotopic (exact) mass is 326 g/mol. The molecule has 4 rings (SSSR count). The molecular weight excluding hydrogens is 300 g/mol. The molecular formula is C21H26O3. The zero-order valence-corrected chi connectivity index (χ0v) is 14.4. The van der Waals surface area contributed by atoms with E-state index < -0.39 is 0 Å². The SMILES string of the molecule is Cc1ccc2cc(OCCCOCC3CCC4OC4C3)ccc2c1. The lowest BCUT2D eigenvalue weighted by Crippen LogP contribution is -2.19. The standard InChI is InChI=1S/C21H26O3/c1-15-3-5-18-13-19(7-6-17(18)11-15)23-10-2-9-22-14-16-4-8-20-21(12-16)24-20/h3,5-7,11,13,16,20-21H,2,4,8-10,12,14H2,1H3. The Morgan fingerprint density at radius 2 is 1.88 bits per heavy atom. The third-order valence-corrected chi connectivity index (χ3v) is 5.14. The number of rotatable bonds is 7. The molecule has 0 N–H and O–H groups in total. The molecule has 1 saturated heterocycles. The van der Waals surface area contributed by atoms with E-state index in [0.29, 0.717) is 24.7 Å². The quantitative estimate of drug-likeness (QED) is 0.554. The predicted molar refractivity (Wildman–Crippen MR) is 95.6 cm³/mol. The minimum Gasteiger partial charge on any atom is -0.493 e. The molecule has 3 atom stereocenters. The normalized spacial score (nSPS) is 25.5. The Balaban J connectivity index is 1.15. The summed E-state index contributed by atoms with van der Waals surface area (Å²) in [6.45, 7) is 4.48. The molecule has 24 heavy (non-hydrogen) atoms. The van der Waals surface area contributed by atoms with Crippen molar-refractivity contribution in [2.75, 3.05) is 19.8 Å². The molecule has 0 amide bonds. The van der Waals surface area contributed by atoms with Crippen molar-refractivity contribution in [3.05, 3.63) is 42.0 Å². The second-order valence-electron chi connectivity index (χ2n) is 7.18. The van der Waals surface area contributed by atoms with E-state index in [1.165, 1.54) is 35.6 Å². The summed E-state index contributed by atoms with van der Waals surface area (Å²) in [6, 6.07) is 12.8. The highest BCUT2D eigenvalue weighted by Crippen LogP contribution is 2.39. The van der Waals surface area contributed by atoms with Gasteiger partial charge in [-0.3, -0.25) is 0 Å². The lowest BCUT2D eigenvalue weighted by Gasteiger charge is -2.18. The average molecular weight is 326 g/mol. The Hall–Kier alpha value is -1.58. The fourth-order valence-corrected chi connectivity index (χ4v) is 3.67. The highest BCUT2D eigenvalue weighted by Gasteiger charge is 2.43. The van der Waals surface area contributed by atoms with Crippen molar-refractivity contribution in [2.24, 2.45) is 5.92 Å². The van der Waals surface area contributed by atoms with Crippen molar-refractivity contribution in [1.82, 2.24) is 0 Å². The maximum Gasteiger partial charge on any atom is 0.119 e. The van der Waals surface area contributed by atoms with Crippen molar-refractivity contribution < 1.29 is 14.2 Å². The van der Waals surface area contributed by atoms with E-state index in [-0.39, 0.29) is 0 Å². The zero-order chi connectivity index (χ0) is 16.4. The topological polar surface area (TPSA) is 31.0 Å². The van der Waals surface area contributed by atoms with E-state index in [0.717, 1.165) is 25.4 Å². The Bertz CT molecular complexity index is 697. The molecule has 1 aliphatic heterocycles. The molecule has 0 spiro atoms. The van der Waals surface area contributed by atoms with Gasteiger partial charge in [0, 0.05) is 19.6 Å². The van der Waals surface area contributed by atoms with Crippen LogP contribution in [-0.4, -0.2) is 32.0 Å². The van der Waals surface area contributed by atoms with Crippen LogP contribution >= 0.6 is 0 Å². The molecule has 0 bridgehead atoms. The van der Waals surface area contributed by atoms with Gasteiger partial charge in [0.05, 0.1) is 18.8 Å². The fraction of sp³-hybridized carbons (Fsp3) is 0.524. The number of epoxide rings is 1. The molecule has 1 aliphatic carbocycles. The van der Waals surface area contributed by atoms with Crippen molar-refractivity contribution in [3.8, 4) is 5.75 Å². The molecule has 1 saturated carbocycles. The number of aryl methyl sites for hydroxylation is 1. The first-order valence-corrected chi connectivity index (χ1v) is 9.14. The molecule has 0 radical (unpaired) electrons. The van der Waals surface area contributed by atoms with Crippen molar-refractivity contribution >= 4 is 10.8 Å². The zero-order valence-electron chi connectivity index (χ0n) is 14.4. The number of hydrogen-bond donors (Lipinski definition) is 0. The minimum atomic E-state index is 0.548. The molecule has 2 aromatic rings. The third-order valence-electron chi connectivity index (χ3n) is 5.14. The van der Waals surface area contributed by atoms with Gasteiger partial charge in [-0.05, 0) is 55.0 Å². The van der Waals surface area contributed by atoms with Gasteiger partial charge in [-0.1, -0.05) is 29.8 Å². The summed E-state index contributed by atoms with van der Waals surface area (Å²) in [7, 11) is 0. The number of benzene rings is 2. The maximum atomic E-state index is 5.86. The van der Waals surface area contributed by atoms with Gasteiger partial charge in [-0.25, -0.2) is 0 Å². The molecule has 0 aromatic heterocycles. The van der Waals surface area contributed by atoms with Crippen LogP contribution in [0, 0.1) is 12.8 Å². The minimum absolute atomic E-state index is 0.548. The van der Waals surface area contributed by atoms with Crippen molar-refractivity contribution in [2.45, 2.75) is 44.8 Å². The van der Waals surface area contributed by atoms with Crippen LogP contribution in [-0.2, 0) is 9.47 Å². The highest BCUT2D eigenvalue weighted by molar-refractivity contribution is 5.84. The van der Waals surface area contributed by atoms with E-state index >= 15 is 0 Å². The Morgan fingerprint density at radius 3 is 2.79 bits per heavy atom. The summed E-state index contributed by atoms with van der Waals surface area (Å²) < 4.78 is 17.2. The molecule has 3 nitrogen and oxygen atoms in total. The first-order chi connectivity index (χ1) is 11.8. The van der Waals surface area contributed by atoms with Crippen LogP contribution in [0.15, 0.2) is 36.4 Å². The number of ether oxygens (including phenoxy) is 3. The van der Waals surface area contributed by atoms with Crippen LogP contribution in [0.4, 0.5) is 0 Å². The Kier molecular flexibility index (Phi) is 4.72. The predicted octanol–water partition coefficient (Wildman–Crippen LogP) is 4.50. The van der Waals surface area contributed by atoms with Crippen LogP contribution in [0.1, 0.15) is 31.2 Å². The second-order valence-corrected chi connectivity index (χ2v) is 7.18. The Morgan fingerprint density at radius 1 is 1.00 bits per heavy atom. The summed E-state index contributed by atoms with van der Waals surface area (Å²) in [4.78, 5) is 0. The summed E-state index contributed by atoms with van der Waals surface area (Å²) in [5.74, 6) is 1.63. The third kappa shape index (κ3) is 3.90. The number of fused-ring (bicyclic) bond motifs is 2. The van der Waals surface area contributed by atoms with Gasteiger partial charge < -0.3 is 14.2 Å². The molecule has 3 heteroatoms. The molecule has 2 aliphatic rings. The molecule has 2 aromatic carbocycles. The summed E-state index contributed by atoms with van der Waals surface area (Å²) in [5, 5.41) is 2.49. The largest absolute Gasteiger partial charge is 0.493 e. The smallest absolute Gasteiger partial charge is 0.119 e. The van der Waals surface area contributed by atoms with Gasteiger partial charge in [-0.2, -0.15) is 0 Å². The average Bonchev–Trinajstić information content (AvgIpc) is 3.36. The first-order valence-electron chi connectivity index (χ1n) is 9.14. The van der Waals surface area contributed by atoms with Crippen molar-refractivity contribution in [3.63, 3.8) is 0 Å². The Labute approximate surface area is 143 Å². The molecule has 1 heterocycles. The summed E-state index contributed by atoms with van der Waals surface area (Å²) >= 11 is 0. The summed E-state index contributed by atoms with van der Waals surface area (Å²) in [5.41, 5.74) is 1.29. The van der Waals surface area contributed by atoms with Gasteiger partial charge in [0.15, 0.2) is 0 Å². The van der Waals surface area contributed by atoms with Crippen LogP contribution in [0.25, 0.3) is 10.8 Å². The molecule has 3 unspecified atom stereocenters. The van der Waals surface area contributed by atoms with Crippen LogP contribution in [0.3, 0.4) is 0 Å². The lowest BCUT2D eigenvalue weighted by molar-refractivity contribution is 0.0791. The van der Waals surface area contributed by atoms with E-state index in [2.05, 4.69) is 43.3 Å². The number of hydrogen-bond acceptors (Lipinski definition) is 3. The first kappa shape index (κ1) is 15.9. The maximum absolute atomic E-state index is 5.86. The van der Waals surface area contributed by atoms with E-state index in [9.17, 15) is 0 Å².